The number of halogens is 1. The lowest BCUT2D eigenvalue weighted by atomic mass is 10.1. The first-order chi connectivity index (χ1) is 18.2. The highest BCUT2D eigenvalue weighted by Crippen LogP contribution is 2.35. The molecule has 0 aromatic heterocycles. The Morgan fingerprint density at radius 1 is 0.784 bits per heavy atom. The average Bonchev–Trinajstić information content (AvgIpc) is 3.22. The maximum absolute atomic E-state index is 13.5. The van der Waals surface area contributed by atoms with Gasteiger partial charge in [0.25, 0.3) is 5.91 Å². The van der Waals surface area contributed by atoms with Crippen LogP contribution >= 0.6 is 11.8 Å². The molecule has 1 fully saturated rings. The highest BCUT2D eigenvalue weighted by atomic mass is 32.2. The number of hydrogen-bond donors (Lipinski definition) is 0. The molecule has 4 aromatic carbocycles. The summed E-state index contributed by atoms with van der Waals surface area (Å²) in [5.41, 5.74) is 3.77. The summed E-state index contributed by atoms with van der Waals surface area (Å²) in [5.74, 6) is 0.279. The predicted molar refractivity (Wildman–Crippen MR) is 147 cm³/mol. The van der Waals surface area contributed by atoms with Crippen LogP contribution in [0.2, 0.25) is 0 Å². The lowest BCUT2D eigenvalue weighted by Gasteiger charge is -2.15. The fraction of sp³-hybridized carbons (Fsp3) is 0.0968. The largest absolute Gasteiger partial charge is 0.488 e. The highest BCUT2D eigenvalue weighted by Gasteiger charge is 2.33. The Hall–Kier alpha value is -4.16. The summed E-state index contributed by atoms with van der Waals surface area (Å²) in [6.45, 7) is 1.23. The van der Waals surface area contributed by atoms with Gasteiger partial charge in [-0.3, -0.25) is 14.7 Å². The minimum atomic E-state index is -0.282. The van der Waals surface area contributed by atoms with Gasteiger partial charge in [-0.25, -0.2) is 4.39 Å². The second-order valence-corrected chi connectivity index (χ2v) is 9.53. The number of carbonyl (C=O) groups is 1. The SMILES string of the molecule is O=C1/C(=C\c2ccccc2OCc2ccc(F)cc2)SC(=NCc2ccccc2)N1Cc1ccccc1. The van der Waals surface area contributed by atoms with Crippen LogP contribution in [0.25, 0.3) is 6.08 Å². The third-order valence-electron chi connectivity index (χ3n) is 5.82. The number of benzene rings is 4. The van der Waals surface area contributed by atoms with Crippen molar-refractivity contribution < 1.29 is 13.9 Å². The molecule has 0 unspecified atom stereocenters. The van der Waals surface area contributed by atoms with Crippen molar-refractivity contribution in [2.45, 2.75) is 19.7 Å². The zero-order valence-electron chi connectivity index (χ0n) is 20.1. The standard InChI is InChI=1S/C31H25FN2O2S/c32-27-17-15-25(16-18-27)22-36-28-14-8-7-13-26(28)19-29-30(35)34(21-24-11-5-2-6-12-24)31(37-29)33-20-23-9-3-1-4-10-23/h1-19H,20-22H2/b29-19+,33-31?. The summed E-state index contributed by atoms with van der Waals surface area (Å²) in [5, 5.41) is 0.675. The number of rotatable bonds is 8. The zero-order valence-corrected chi connectivity index (χ0v) is 20.9. The summed E-state index contributed by atoms with van der Waals surface area (Å²) in [6, 6.07) is 33.7. The Morgan fingerprint density at radius 2 is 1.43 bits per heavy atom. The first-order valence-electron chi connectivity index (χ1n) is 12.0. The van der Waals surface area contributed by atoms with E-state index in [1.807, 2.05) is 91.0 Å². The van der Waals surface area contributed by atoms with Crippen LogP contribution in [0.15, 0.2) is 119 Å². The molecule has 0 aliphatic carbocycles. The number of ether oxygens (including phenoxy) is 1. The molecule has 37 heavy (non-hydrogen) atoms. The number of para-hydroxylation sites is 1. The number of aliphatic imine (C=N–C) groups is 1. The summed E-state index contributed by atoms with van der Waals surface area (Å²) in [7, 11) is 0. The lowest BCUT2D eigenvalue weighted by Crippen LogP contribution is -2.28. The number of hydrogen-bond acceptors (Lipinski definition) is 4. The molecule has 0 saturated carbocycles. The van der Waals surface area contributed by atoms with Gasteiger partial charge in [0.2, 0.25) is 0 Å². The Bertz CT molecular complexity index is 1420. The van der Waals surface area contributed by atoms with E-state index in [0.717, 1.165) is 22.3 Å². The zero-order chi connectivity index (χ0) is 25.5. The summed E-state index contributed by atoms with van der Waals surface area (Å²) in [6.07, 6.45) is 1.86. The van der Waals surface area contributed by atoms with Gasteiger partial charge in [0.1, 0.15) is 18.2 Å². The Morgan fingerprint density at radius 3 is 2.16 bits per heavy atom. The van der Waals surface area contributed by atoms with E-state index in [4.69, 9.17) is 9.73 Å². The molecule has 184 valence electrons. The van der Waals surface area contributed by atoms with Crippen molar-refractivity contribution in [2.24, 2.45) is 4.99 Å². The number of thioether (sulfide) groups is 1. The fourth-order valence-electron chi connectivity index (χ4n) is 3.89. The third-order valence-corrected chi connectivity index (χ3v) is 6.87. The number of amides is 1. The van der Waals surface area contributed by atoms with Gasteiger partial charge in [0.05, 0.1) is 18.0 Å². The van der Waals surface area contributed by atoms with E-state index in [2.05, 4.69) is 0 Å². The molecule has 1 aliphatic heterocycles. The van der Waals surface area contributed by atoms with E-state index < -0.39 is 0 Å². The smallest absolute Gasteiger partial charge is 0.267 e. The molecule has 0 radical (unpaired) electrons. The van der Waals surface area contributed by atoms with Crippen molar-refractivity contribution in [3.05, 3.63) is 142 Å². The van der Waals surface area contributed by atoms with Gasteiger partial charge in [-0.2, -0.15) is 0 Å². The van der Waals surface area contributed by atoms with Crippen LogP contribution in [0, 0.1) is 5.82 Å². The molecule has 6 heteroatoms. The molecule has 4 aromatic rings. The molecule has 5 rings (SSSR count). The lowest BCUT2D eigenvalue weighted by molar-refractivity contribution is -0.122. The van der Waals surface area contributed by atoms with E-state index in [-0.39, 0.29) is 11.7 Å². The van der Waals surface area contributed by atoms with Crippen molar-refractivity contribution in [3.63, 3.8) is 0 Å². The Labute approximate surface area is 220 Å². The van der Waals surface area contributed by atoms with Gasteiger partial charge in [-0.1, -0.05) is 91.0 Å². The Kier molecular flexibility index (Phi) is 7.77. The summed E-state index contributed by atoms with van der Waals surface area (Å²) in [4.78, 5) is 20.7. The van der Waals surface area contributed by atoms with E-state index in [9.17, 15) is 9.18 Å². The second kappa shape index (κ2) is 11.7. The maximum atomic E-state index is 13.5. The molecular formula is C31H25FN2O2S. The predicted octanol–water partition coefficient (Wildman–Crippen LogP) is 7.08. The molecule has 0 bridgehead atoms. The van der Waals surface area contributed by atoms with Crippen molar-refractivity contribution in [1.82, 2.24) is 4.90 Å². The highest BCUT2D eigenvalue weighted by molar-refractivity contribution is 8.18. The van der Waals surface area contributed by atoms with E-state index >= 15 is 0 Å². The number of amidine groups is 1. The van der Waals surface area contributed by atoms with Gasteiger partial charge < -0.3 is 4.74 Å². The third kappa shape index (κ3) is 6.35. The van der Waals surface area contributed by atoms with Crippen LogP contribution in [0.5, 0.6) is 5.75 Å². The molecular weight excluding hydrogens is 483 g/mol. The minimum Gasteiger partial charge on any atom is -0.488 e. The molecule has 0 spiro atoms. The van der Waals surface area contributed by atoms with Gasteiger partial charge in [-0.15, -0.1) is 0 Å². The molecule has 4 nitrogen and oxygen atoms in total. The molecule has 0 atom stereocenters. The number of nitrogens with zero attached hydrogens (tertiary/aromatic N) is 2. The van der Waals surface area contributed by atoms with Crippen LogP contribution in [-0.4, -0.2) is 16.0 Å². The van der Waals surface area contributed by atoms with Gasteiger partial charge in [0.15, 0.2) is 5.17 Å². The first kappa shape index (κ1) is 24.5. The molecule has 1 aliphatic rings. The maximum Gasteiger partial charge on any atom is 0.267 e. The van der Waals surface area contributed by atoms with E-state index in [1.54, 1.807) is 17.0 Å². The topological polar surface area (TPSA) is 41.9 Å². The van der Waals surface area contributed by atoms with Gasteiger partial charge in [-0.05, 0) is 52.7 Å². The van der Waals surface area contributed by atoms with Crippen LogP contribution in [0.3, 0.4) is 0 Å². The molecule has 1 saturated heterocycles. The van der Waals surface area contributed by atoms with Gasteiger partial charge in [0, 0.05) is 5.56 Å². The van der Waals surface area contributed by atoms with Crippen LogP contribution in [0.1, 0.15) is 22.3 Å². The van der Waals surface area contributed by atoms with Crippen molar-refractivity contribution in [2.75, 3.05) is 0 Å². The molecule has 0 N–H and O–H groups in total. The Balaban J connectivity index is 1.40. The fourth-order valence-corrected chi connectivity index (χ4v) is 4.85. The first-order valence-corrected chi connectivity index (χ1v) is 12.8. The second-order valence-electron chi connectivity index (χ2n) is 8.52. The van der Waals surface area contributed by atoms with Gasteiger partial charge >= 0.3 is 0 Å². The molecule has 1 heterocycles. The van der Waals surface area contributed by atoms with Crippen LogP contribution in [0.4, 0.5) is 4.39 Å². The van der Waals surface area contributed by atoms with Crippen molar-refractivity contribution in [3.8, 4) is 5.75 Å². The summed E-state index contributed by atoms with van der Waals surface area (Å²) < 4.78 is 19.3. The average molecular weight is 509 g/mol. The number of carbonyl (C=O) groups excluding carboxylic acids is 1. The monoisotopic (exact) mass is 508 g/mol. The van der Waals surface area contributed by atoms with Crippen LogP contribution < -0.4 is 4.74 Å². The van der Waals surface area contributed by atoms with Crippen molar-refractivity contribution >= 4 is 28.9 Å². The van der Waals surface area contributed by atoms with Crippen LogP contribution in [-0.2, 0) is 24.5 Å². The minimum absolute atomic E-state index is 0.0889. The molecule has 1 amide bonds. The van der Waals surface area contributed by atoms with E-state index in [1.165, 1.54) is 23.9 Å². The van der Waals surface area contributed by atoms with E-state index in [0.29, 0.717) is 35.5 Å². The normalized spacial score (nSPS) is 15.5. The summed E-state index contributed by atoms with van der Waals surface area (Å²) >= 11 is 1.38. The quantitative estimate of drug-likeness (QED) is 0.239. The van der Waals surface area contributed by atoms with Crippen molar-refractivity contribution in [1.29, 1.82) is 0 Å².